The molecule has 136 valence electrons. The fraction of sp³-hybridized carbons (Fsp3) is 0.294. The number of hydrogen-bond donors (Lipinski definition) is 2. The zero-order chi connectivity index (χ0) is 18.4. The van der Waals surface area contributed by atoms with E-state index in [1.807, 2.05) is 4.90 Å². The van der Waals surface area contributed by atoms with E-state index in [4.69, 9.17) is 5.73 Å². The molecule has 3 N–H and O–H groups in total. The third kappa shape index (κ3) is 4.65. The van der Waals surface area contributed by atoms with Crippen molar-refractivity contribution in [1.29, 1.82) is 0 Å². The normalized spacial score (nSPS) is 15.0. The molecule has 0 spiro atoms. The average Bonchev–Trinajstić information content (AvgIpc) is 2.67. The molecule has 8 nitrogen and oxygen atoms in total. The van der Waals surface area contributed by atoms with Crippen LogP contribution in [0.3, 0.4) is 0 Å². The smallest absolute Gasteiger partial charge is 0.246 e. The van der Waals surface area contributed by atoms with Crippen molar-refractivity contribution >= 4 is 23.5 Å². The van der Waals surface area contributed by atoms with Gasteiger partial charge in [-0.3, -0.25) is 4.79 Å². The molecule has 26 heavy (non-hydrogen) atoms. The first-order valence-corrected chi connectivity index (χ1v) is 8.24. The number of amides is 1. The van der Waals surface area contributed by atoms with Crippen LogP contribution < -0.4 is 16.0 Å². The number of hydrogen-bond acceptors (Lipinski definition) is 5. The van der Waals surface area contributed by atoms with Gasteiger partial charge in [-0.2, -0.15) is 0 Å². The van der Waals surface area contributed by atoms with Crippen molar-refractivity contribution in [3.8, 4) is 0 Å². The Morgan fingerprint density at radius 1 is 1.19 bits per heavy atom. The summed E-state index contributed by atoms with van der Waals surface area (Å²) >= 11 is 0. The second-order valence-corrected chi connectivity index (χ2v) is 5.76. The molecule has 0 atom stereocenters. The molecule has 3 rings (SSSR count). The Morgan fingerprint density at radius 3 is 2.62 bits per heavy atom. The van der Waals surface area contributed by atoms with Crippen LogP contribution in [0.1, 0.15) is 0 Å². The van der Waals surface area contributed by atoms with Crippen molar-refractivity contribution in [2.45, 2.75) is 0 Å². The molecule has 0 bridgehead atoms. The molecule has 1 aliphatic rings. The maximum absolute atomic E-state index is 13.1. The Bertz CT molecular complexity index is 776. The SMILES string of the molecule is NC(=NCC(=O)Nc1cccc(F)c1)N1CCN(c2ncccn2)CC1. The van der Waals surface area contributed by atoms with Gasteiger partial charge in [0.2, 0.25) is 11.9 Å². The summed E-state index contributed by atoms with van der Waals surface area (Å²) < 4.78 is 13.1. The molecular weight excluding hydrogens is 337 g/mol. The van der Waals surface area contributed by atoms with E-state index in [0.29, 0.717) is 30.7 Å². The molecule has 0 aliphatic carbocycles. The predicted molar refractivity (Wildman–Crippen MR) is 97.3 cm³/mol. The highest BCUT2D eigenvalue weighted by Crippen LogP contribution is 2.10. The van der Waals surface area contributed by atoms with E-state index in [1.54, 1.807) is 24.5 Å². The number of aromatic nitrogens is 2. The molecule has 1 saturated heterocycles. The molecular formula is C17H20FN7O. The molecule has 1 aromatic carbocycles. The van der Waals surface area contributed by atoms with Crippen LogP contribution in [-0.4, -0.2) is 59.5 Å². The Morgan fingerprint density at radius 2 is 1.92 bits per heavy atom. The number of carbonyl (C=O) groups is 1. The van der Waals surface area contributed by atoms with Gasteiger partial charge < -0.3 is 20.9 Å². The standard InChI is InChI=1S/C17H20FN7O/c18-13-3-1-4-14(11-13)23-15(26)12-22-16(19)24-7-9-25(10-8-24)17-20-5-2-6-21-17/h1-6,11H,7-10,12H2,(H2,19,22)(H,23,26). The zero-order valence-electron chi connectivity index (χ0n) is 14.2. The summed E-state index contributed by atoms with van der Waals surface area (Å²) in [7, 11) is 0. The summed E-state index contributed by atoms with van der Waals surface area (Å²) in [6.45, 7) is 2.65. The van der Waals surface area contributed by atoms with Crippen molar-refractivity contribution in [2.75, 3.05) is 42.9 Å². The minimum atomic E-state index is -0.411. The molecule has 2 heterocycles. The number of piperazine rings is 1. The van der Waals surface area contributed by atoms with Gasteiger partial charge in [-0.15, -0.1) is 0 Å². The van der Waals surface area contributed by atoms with Crippen molar-refractivity contribution in [3.63, 3.8) is 0 Å². The van der Waals surface area contributed by atoms with E-state index in [0.717, 1.165) is 13.1 Å². The summed E-state index contributed by atoms with van der Waals surface area (Å²) in [6.07, 6.45) is 3.42. The van der Waals surface area contributed by atoms with Crippen molar-refractivity contribution in [3.05, 3.63) is 48.5 Å². The van der Waals surface area contributed by atoms with E-state index in [9.17, 15) is 9.18 Å². The van der Waals surface area contributed by atoms with Crippen LogP contribution in [0.5, 0.6) is 0 Å². The van der Waals surface area contributed by atoms with Gasteiger partial charge in [-0.1, -0.05) is 6.07 Å². The summed E-state index contributed by atoms with van der Waals surface area (Å²) in [6, 6.07) is 7.47. The minimum Gasteiger partial charge on any atom is -0.370 e. The second-order valence-electron chi connectivity index (χ2n) is 5.76. The quantitative estimate of drug-likeness (QED) is 0.617. The lowest BCUT2D eigenvalue weighted by Gasteiger charge is -2.35. The zero-order valence-corrected chi connectivity index (χ0v) is 14.2. The number of carbonyl (C=O) groups excluding carboxylic acids is 1. The van der Waals surface area contributed by atoms with E-state index < -0.39 is 5.82 Å². The molecule has 0 unspecified atom stereocenters. The first-order chi connectivity index (χ1) is 12.6. The number of aliphatic imine (C=N–C) groups is 1. The number of nitrogens with one attached hydrogen (secondary N) is 1. The summed E-state index contributed by atoms with van der Waals surface area (Å²) in [5, 5.41) is 2.58. The van der Waals surface area contributed by atoms with Crippen LogP contribution in [0.25, 0.3) is 0 Å². The maximum atomic E-state index is 13.1. The first-order valence-electron chi connectivity index (χ1n) is 8.24. The number of anilines is 2. The van der Waals surface area contributed by atoms with Crippen molar-refractivity contribution in [2.24, 2.45) is 10.7 Å². The van der Waals surface area contributed by atoms with Crippen LogP contribution in [0.15, 0.2) is 47.7 Å². The third-order valence-electron chi connectivity index (χ3n) is 3.93. The van der Waals surface area contributed by atoms with Gasteiger partial charge in [0.15, 0.2) is 5.96 Å². The molecule has 0 radical (unpaired) electrons. The van der Waals surface area contributed by atoms with Gasteiger partial charge in [0.25, 0.3) is 0 Å². The Hall–Kier alpha value is -3.23. The third-order valence-corrected chi connectivity index (χ3v) is 3.93. The lowest BCUT2D eigenvalue weighted by molar-refractivity contribution is -0.114. The van der Waals surface area contributed by atoms with Crippen LogP contribution >= 0.6 is 0 Å². The molecule has 2 aromatic rings. The molecule has 0 saturated carbocycles. The predicted octanol–water partition coefficient (Wildman–Crippen LogP) is 0.691. The van der Waals surface area contributed by atoms with E-state index >= 15 is 0 Å². The number of halogens is 1. The summed E-state index contributed by atoms with van der Waals surface area (Å²) in [4.78, 5) is 28.5. The van der Waals surface area contributed by atoms with Crippen molar-refractivity contribution in [1.82, 2.24) is 14.9 Å². The van der Waals surface area contributed by atoms with Gasteiger partial charge in [0, 0.05) is 44.3 Å². The number of nitrogens with two attached hydrogens (primary N) is 1. The number of guanidine groups is 1. The van der Waals surface area contributed by atoms with Gasteiger partial charge in [0.1, 0.15) is 12.4 Å². The monoisotopic (exact) mass is 357 g/mol. The maximum Gasteiger partial charge on any atom is 0.246 e. The Labute approximate surface area is 150 Å². The largest absolute Gasteiger partial charge is 0.370 e. The van der Waals surface area contributed by atoms with Gasteiger partial charge in [0.05, 0.1) is 0 Å². The number of benzene rings is 1. The number of nitrogens with zero attached hydrogens (tertiary/aromatic N) is 5. The summed E-state index contributed by atoms with van der Waals surface area (Å²) in [5.74, 6) is 0.242. The van der Waals surface area contributed by atoms with Gasteiger partial charge in [-0.05, 0) is 24.3 Å². The average molecular weight is 357 g/mol. The van der Waals surface area contributed by atoms with Crippen LogP contribution in [0, 0.1) is 5.82 Å². The Kier molecular flexibility index (Phi) is 5.57. The van der Waals surface area contributed by atoms with Crippen LogP contribution in [0.2, 0.25) is 0 Å². The van der Waals surface area contributed by atoms with Gasteiger partial charge >= 0.3 is 0 Å². The topological polar surface area (TPSA) is 99.7 Å². The lowest BCUT2D eigenvalue weighted by atomic mass is 10.3. The Balaban J connectivity index is 1.48. The summed E-state index contributed by atoms with van der Waals surface area (Å²) in [5.41, 5.74) is 6.37. The minimum absolute atomic E-state index is 0.121. The molecule has 1 aliphatic heterocycles. The highest BCUT2D eigenvalue weighted by Gasteiger charge is 2.20. The van der Waals surface area contributed by atoms with Crippen molar-refractivity contribution < 1.29 is 9.18 Å². The number of rotatable bonds is 4. The molecule has 1 fully saturated rings. The lowest BCUT2D eigenvalue weighted by Crippen LogP contribution is -2.51. The fourth-order valence-corrected chi connectivity index (χ4v) is 2.61. The fourth-order valence-electron chi connectivity index (χ4n) is 2.61. The molecule has 1 amide bonds. The van der Waals surface area contributed by atoms with E-state index in [-0.39, 0.29) is 12.5 Å². The van der Waals surface area contributed by atoms with E-state index in [1.165, 1.54) is 18.2 Å². The van der Waals surface area contributed by atoms with Crippen LogP contribution in [0.4, 0.5) is 16.0 Å². The van der Waals surface area contributed by atoms with Crippen LogP contribution in [-0.2, 0) is 4.79 Å². The molecule has 9 heteroatoms. The highest BCUT2D eigenvalue weighted by molar-refractivity contribution is 5.93. The molecule has 1 aromatic heterocycles. The highest BCUT2D eigenvalue weighted by atomic mass is 19.1. The van der Waals surface area contributed by atoms with Gasteiger partial charge in [-0.25, -0.2) is 19.4 Å². The van der Waals surface area contributed by atoms with E-state index in [2.05, 4.69) is 25.2 Å². The second kappa shape index (κ2) is 8.24. The first kappa shape index (κ1) is 17.6.